The molecular formula is C26H19BrFN3O2S. The molecule has 3 aromatic rings. The summed E-state index contributed by atoms with van der Waals surface area (Å²) in [5.74, 6) is -1.19. The minimum atomic E-state index is -0.598. The molecule has 1 aliphatic heterocycles. The Bertz CT molecular complexity index is 1300. The van der Waals surface area contributed by atoms with Gasteiger partial charge in [-0.15, -0.1) is 0 Å². The highest BCUT2D eigenvalue weighted by Crippen LogP contribution is 2.42. The Morgan fingerprint density at radius 1 is 1.09 bits per heavy atom. The van der Waals surface area contributed by atoms with E-state index >= 15 is 0 Å². The van der Waals surface area contributed by atoms with Gasteiger partial charge in [0.25, 0.3) is 5.91 Å². The van der Waals surface area contributed by atoms with E-state index in [0.29, 0.717) is 17.8 Å². The van der Waals surface area contributed by atoms with Crippen LogP contribution in [0.4, 0.5) is 15.8 Å². The lowest BCUT2D eigenvalue weighted by molar-refractivity contribution is -0.117. The van der Waals surface area contributed by atoms with Crippen molar-refractivity contribution < 1.29 is 14.0 Å². The van der Waals surface area contributed by atoms with E-state index in [2.05, 4.69) is 21.2 Å². The van der Waals surface area contributed by atoms with Gasteiger partial charge < -0.3 is 5.32 Å². The van der Waals surface area contributed by atoms with Crippen LogP contribution >= 0.6 is 27.7 Å². The van der Waals surface area contributed by atoms with Gasteiger partial charge in [0, 0.05) is 15.8 Å². The first-order valence-electron chi connectivity index (χ1n) is 10.4. The number of halogens is 2. The third kappa shape index (κ3) is 5.22. The Labute approximate surface area is 209 Å². The molecule has 1 atom stereocenters. The molecule has 1 aliphatic rings. The molecule has 0 aliphatic carbocycles. The van der Waals surface area contributed by atoms with E-state index in [9.17, 15) is 19.2 Å². The summed E-state index contributed by atoms with van der Waals surface area (Å²) in [7, 11) is 0. The zero-order valence-electron chi connectivity index (χ0n) is 18.1. The van der Waals surface area contributed by atoms with Crippen LogP contribution in [0.5, 0.6) is 0 Å². The fraction of sp³-hybridized carbons (Fsp3) is 0.115. The lowest BCUT2D eigenvalue weighted by Gasteiger charge is -2.19. The minimum Gasteiger partial charge on any atom is -0.321 e. The van der Waals surface area contributed by atoms with Crippen LogP contribution in [0.1, 0.15) is 11.1 Å². The molecule has 0 bridgehead atoms. The molecule has 1 N–H and O–H groups in total. The van der Waals surface area contributed by atoms with Gasteiger partial charge in [-0.25, -0.2) is 4.39 Å². The fourth-order valence-electron chi connectivity index (χ4n) is 3.48. The summed E-state index contributed by atoms with van der Waals surface area (Å²) < 4.78 is 14.2. The van der Waals surface area contributed by atoms with E-state index < -0.39 is 11.2 Å². The summed E-state index contributed by atoms with van der Waals surface area (Å²) in [6.45, 7) is 1.94. The first-order chi connectivity index (χ1) is 16.4. The molecule has 1 heterocycles. The van der Waals surface area contributed by atoms with Gasteiger partial charge in [-0.1, -0.05) is 57.5 Å². The van der Waals surface area contributed by atoms with Crippen molar-refractivity contribution in [1.29, 1.82) is 5.26 Å². The van der Waals surface area contributed by atoms with Crippen molar-refractivity contribution in [3.05, 3.63) is 105 Å². The predicted octanol–water partition coefficient (Wildman–Crippen LogP) is 5.96. The van der Waals surface area contributed by atoms with Crippen molar-refractivity contribution in [2.24, 2.45) is 0 Å². The second-order valence-electron chi connectivity index (χ2n) is 7.70. The summed E-state index contributed by atoms with van der Waals surface area (Å²) in [6.07, 6.45) is 0.336. The van der Waals surface area contributed by atoms with Crippen LogP contribution in [0.15, 0.2) is 87.9 Å². The number of thioether (sulfide) groups is 1. The number of benzene rings is 3. The molecule has 5 nitrogen and oxygen atoms in total. The SMILES string of the molecule is Cc1ccc(N2C(=O)[C@H](Cc3ccc(F)cc3)S/C2=C(/C#N)C(=O)Nc2ccc(Br)cc2)cc1. The van der Waals surface area contributed by atoms with E-state index in [1.165, 1.54) is 28.8 Å². The number of rotatable bonds is 5. The number of nitrogens with one attached hydrogen (secondary N) is 1. The Morgan fingerprint density at radius 2 is 1.74 bits per heavy atom. The maximum atomic E-state index is 13.5. The highest BCUT2D eigenvalue weighted by atomic mass is 79.9. The number of anilines is 2. The summed E-state index contributed by atoms with van der Waals surface area (Å²) >= 11 is 4.52. The summed E-state index contributed by atoms with van der Waals surface area (Å²) in [5, 5.41) is 12.4. The quantitative estimate of drug-likeness (QED) is 0.323. The van der Waals surface area contributed by atoms with Crippen LogP contribution in [0.25, 0.3) is 0 Å². The molecule has 8 heteroatoms. The average Bonchev–Trinajstić information content (AvgIpc) is 3.13. The molecule has 0 saturated carbocycles. The van der Waals surface area contributed by atoms with Crippen LogP contribution < -0.4 is 10.2 Å². The lowest BCUT2D eigenvalue weighted by Crippen LogP contribution is -2.30. The second kappa shape index (κ2) is 10.2. The molecule has 0 radical (unpaired) electrons. The van der Waals surface area contributed by atoms with Gasteiger partial charge in [0.1, 0.15) is 22.5 Å². The van der Waals surface area contributed by atoms with E-state index in [4.69, 9.17) is 0 Å². The van der Waals surface area contributed by atoms with E-state index in [1.54, 1.807) is 48.5 Å². The molecule has 34 heavy (non-hydrogen) atoms. The van der Waals surface area contributed by atoms with Gasteiger partial charge in [0.15, 0.2) is 0 Å². The van der Waals surface area contributed by atoms with Gasteiger partial charge in [0.05, 0.1) is 5.25 Å². The van der Waals surface area contributed by atoms with Gasteiger partial charge in [-0.05, 0) is 67.4 Å². The molecule has 3 aromatic carbocycles. The van der Waals surface area contributed by atoms with E-state index in [1.807, 2.05) is 25.1 Å². The molecule has 1 fully saturated rings. The van der Waals surface area contributed by atoms with Crippen LogP contribution in [0.3, 0.4) is 0 Å². The highest BCUT2D eigenvalue weighted by molar-refractivity contribution is 9.10. The van der Waals surface area contributed by atoms with Gasteiger partial charge >= 0.3 is 0 Å². The predicted molar refractivity (Wildman–Crippen MR) is 136 cm³/mol. The van der Waals surface area contributed by atoms with Crippen molar-refractivity contribution in [2.45, 2.75) is 18.6 Å². The first-order valence-corrected chi connectivity index (χ1v) is 12.1. The van der Waals surface area contributed by atoms with Gasteiger partial charge in [0.2, 0.25) is 5.91 Å². The third-order valence-corrected chi connectivity index (χ3v) is 7.03. The minimum absolute atomic E-state index is 0.150. The van der Waals surface area contributed by atoms with Crippen LogP contribution in [-0.2, 0) is 16.0 Å². The van der Waals surface area contributed by atoms with Crippen molar-refractivity contribution in [1.82, 2.24) is 0 Å². The molecular weight excluding hydrogens is 517 g/mol. The maximum Gasteiger partial charge on any atom is 0.269 e. The highest BCUT2D eigenvalue weighted by Gasteiger charge is 2.40. The van der Waals surface area contributed by atoms with Gasteiger partial charge in [-0.3, -0.25) is 14.5 Å². The molecule has 170 valence electrons. The van der Waals surface area contributed by atoms with Gasteiger partial charge in [-0.2, -0.15) is 5.26 Å². The zero-order valence-corrected chi connectivity index (χ0v) is 20.5. The third-order valence-electron chi connectivity index (χ3n) is 5.23. The monoisotopic (exact) mass is 535 g/mol. The van der Waals surface area contributed by atoms with E-state index in [-0.39, 0.29) is 22.3 Å². The molecule has 0 unspecified atom stereocenters. The van der Waals surface area contributed by atoms with Crippen molar-refractivity contribution >= 4 is 50.9 Å². The Kier molecular flexibility index (Phi) is 7.15. The number of amides is 2. The number of nitriles is 1. The Balaban J connectivity index is 1.71. The summed E-state index contributed by atoms with van der Waals surface area (Å²) in [4.78, 5) is 28.0. The topological polar surface area (TPSA) is 73.2 Å². The van der Waals surface area contributed by atoms with Crippen LogP contribution in [0, 0.1) is 24.1 Å². The standard InChI is InChI=1S/C26H19BrFN3O2S/c1-16-2-12-21(13-3-16)31-25(33)23(14-17-4-8-19(28)9-5-17)34-26(31)22(15-29)24(32)30-20-10-6-18(27)7-11-20/h2-13,23H,14H2,1H3,(H,30,32)/b26-22-/t23-/m0/s1. The fourth-order valence-corrected chi connectivity index (χ4v) is 5.05. The molecule has 4 rings (SSSR count). The van der Waals surface area contributed by atoms with Crippen molar-refractivity contribution in [3.63, 3.8) is 0 Å². The number of carbonyl (C=O) groups is 2. The zero-order chi connectivity index (χ0) is 24.2. The maximum absolute atomic E-state index is 13.5. The number of hydrogen-bond donors (Lipinski definition) is 1. The molecule has 0 spiro atoms. The number of hydrogen-bond acceptors (Lipinski definition) is 4. The lowest BCUT2D eigenvalue weighted by atomic mass is 10.1. The average molecular weight is 536 g/mol. The first kappa shape index (κ1) is 23.7. The molecule has 1 saturated heterocycles. The van der Waals surface area contributed by atoms with Crippen molar-refractivity contribution in [3.8, 4) is 6.07 Å². The smallest absolute Gasteiger partial charge is 0.269 e. The molecule has 0 aromatic heterocycles. The van der Waals surface area contributed by atoms with E-state index in [0.717, 1.165) is 15.6 Å². The Hall–Kier alpha value is -3.41. The van der Waals surface area contributed by atoms with Crippen molar-refractivity contribution in [2.75, 3.05) is 10.2 Å². The number of nitrogens with zero attached hydrogens (tertiary/aromatic N) is 2. The number of carbonyl (C=O) groups excluding carboxylic acids is 2. The summed E-state index contributed by atoms with van der Waals surface area (Å²) in [6, 6.07) is 22.2. The largest absolute Gasteiger partial charge is 0.321 e. The number of aryl methyl sites for hydroxylation is 1. The molecule has 2 amide bonds. The normalized spacial score (nSPS) is 16.8. The summed E-state index contributed by atoms with van der Waals surface area (Å²) in [5.41, 5.74) is 2.76. The Morgan fingerprint density at radius 3 is 2.35 bits per heavy atom. The van der Waals surface area contributed by atoms with Crippen LogP contribution in [0.2, 0.25) is 0 Å². The second-order valence-corrected chi connectivity index (χ2v) is 9.81. The van der Waals surface area contributed by atoms with Crippen LogP contribution in [-0.4, -0.2) is 17.1 Å².